The van der Waals surface area contributed by atoms with Crippen molar-refractivity contribution in [2.45, 2.75) is 69.9 Å². The number of benzene rings is 1. The van der Waals surface area contributed by atoms with Crippen LogP contribution in [0, 0.1) is 12.8 Å². The standard InChI is InChI=1S/C23H31F3N3O2/c1-14(2)28(4)18-8-9-20(15(3)12-18)29-11-10-19(22(29)31)27-21(30)16-6-5-7-17(13-16)23(24,25)26/h5-7,13-15,18-20H,3,8-12H2,1-2,4H3,(H,27,30)/t15-,18-,19?,20+/m1/s1. The fourth-order valence-electron chi connectivity index (χ4n) is 4.67. The van der Waals surface area contributed by atoms with Crippen molar-refractivity contribution in [3.63, 3.8) is 0 Å². The van der Waals surface area contributed by atoms with E-state index in [0.717, 1.165) is 31.4 Å². The van der Waals surface area contributed by atoms with Gasteiger partial charge in [0.15, 0.2) is 0 Å². The zero-order chi connectivity index (χ0) is 22.9. The highest BCUT2D eigenvalue weighted by Gasteiger charge is 2.41. The number of likely N-dealkylation sites (tertiary alicyclic amines) is 1. The molecule has 1 saturated carbocycles. The molecule has 1 aromatic carbocycles. The van der Waals surface area contributed by atoms with Crippen molar-refractivity contribution in [2.75, 3.05) is 13.6 Å². The van der Waals surface area contributed by atoms with Crippen LogP contribution in [-0.2, 0) is 11.0 Å². The van der Waals surface area contributed by atoms with Crippen LogP contribution in [0.15, 0.2) is 24.3 Å². The second kappa shape index (κ2) is 9.18. The van der Waals surface area contributed by atoms with Crippen LogP contribution in [0.3, 0.4) is 0 Å². The first-order valence-corrected chi connectivity index (χ1v) is 10.8. The van der Waals surface area contributed by atoms with E-state index in [1.54, 1.807) is 4.90 Å². The molecule has 1 saturated heterocycles. The molecule has 171 valence electrons. The Morgan fingerprint density at radius 2 is 1.97 bits per heavy atom. The molecule has 1 heterocycles. The number of halogens is 3. The number of hydrogen-bond acceptors (Lipinski definition) is 3. The Kier molecular flexibility index (Phi) is 6.98. The molecule has 1 aliphatic carbocycles. The Labute approximate surface area is 182 Å². The quantitative estimate of drug-likeness (QED) is 0.762. The molecule has 2 aliphatic rings. The number of amides is 2. The van der Waals surface area contributed by atoms with Gasteiger partial charge < -0.3 is 15.1 Å². The predicted octanol–water partition coefficient (Wildman–Crippen LogP) is 3.75. The first-order chi connectivity index (χ1) is 14.5. The van der Waals surface area contributed by atoms with Crippen LogP contribution < -0.4 is 5.32 Å². The molecule has 1 radical (unpaired) electrons. The van der Waals surface area contributed by atoms with Crippen molar-refractivity contribution >= 4 is 11.8 Å². The smallest absolute Gasteiger partial charge is 0.340 e. The number of alkyl halides is 3. The van der Waals surface area contributed by atoms with Gasteiger partial charge in [0.05, 0.1) is 5.56 Å². The van der Waals surface area contributed by atoms with Gasteiger partial charge >= 0.3 is 6.18 Å². The lowest BCUT2D eigenvalue weighted by Crippen LogP contribution is -2.51. The average molecular weight is 439 g/mol. The lowest BCUT2D eigenvalue weighted by atomic mass is 9.81. The van der Waals surface area contributed by atoms with Gasteiger partial charge in [0.2, 0.25) is 5.91 Å². The number of nitrogens with one attached hydrogen (secondary N) is 1. The van der Waals surface area contributed by atoms with Gasteiger partial charge in [-0.2, -0.15) is 13.2 Å². The lowest BCUT2D eigenvalue weighted by molar-refractivity contribution is -0.137. The first kappa shape index (κ1) is 23.6. The molecule has 0 spiro atoms. The van der Waals surface area contributed by atoms with Crippen molar-refractivity contribution in [2.24, 2.45) is 5.92 Å². The topological polar surface area (TPSA) is 52.6 Å². The van der Waals surface area contributed by atoms with Gasteiger partial charge in [0, 0.05) is 30.2 Å². The predicted molar refractivity (Wildman–Crippen MR) is 112 cm³/mol. The average Bonchev–Trinajstić information content (AvgIpc) is 3.06. The van der Waals surface area contributed by atoms with E-state index in [9.17, 15) is 22.8 Å². The highest BCUT2D eigenvalue weighted by Crippen LogP contribution is 2.33. The summed E-state index contributed by atoms with van der Waals surface area (Å²) in [5.41, 5.74) is -0.990. The van der Waals surface area contributed by atoms with E-state index in [1.165, 1.54) is 12.1 Å². The zero-order valence-corrected chi connectivity index (χ0v) is 18.3. The maximum Gasteiger partial charge on any atom is 0.416 e. The van der Waals surface area contributed by atoms with Gasteiger partial charge in [-0.25, -0.2) is 0 Å². The Morgan fingerprint density at radius 3 is 2.58 bits per heavy atom. The summed E-state index contributed by atoms with van der Waals surface area (Å²) in [5.74, 6) is -0.740. The van der Waals surface area contributed by atoms with Crippen LogP contribution in [0.1, 0.15) is 55.5 Å². The highest BCUT2D eigenvalue weighted by atomic mass is 19.4. The van der Waals surface area contributed by atoms with Crippen molar-refractivity contribution in [3.05, 3.63) is 42.3 Å². The Morgan fingerprint density at radius 1 is 1.26 bits per heavy atom. The Hall–Kier alpha value is -2.09. The molecule has 0 bridgehead atoms. The van der Waals surface area contributed by atoms with Crippen LogP contribution >= 0.6 is 0 Å². The minimum Gasteiger partial charge on any atom is -0.340 e. The second-order valence-corrected chi connectivity index (χ2v) is 8.98. The van der Waals surface area contributed by atoms with Gasteiger partial charge in [-0.3, -0.25) is 9.59 Å². The number of nitrogens with zero attached hydrogens (tertiary/aromatic N) is 2. The van der Waals surface area contributed by atoms with Crippen LogP contribution in [-0.4, -0.2) is 59.4 Å². The summed E-state index contributed by atoms with van der Waals surface area (Å²) < 4.78 is 38.7. The Balaban J connectivity index is 1.61. The summed E-state index contributed by atoms with van der Waals surface area (Å²) in [4.78, 5) is 29.6. The molecule has 31 heavy (non-hydrogen) atoms. The molecule has 3 rings (SSSR count). The molecule has 5 nitrogen and oxygen atoms in total. The molecule has 8 heteroatoms. The van der Waals surface area contributed by atoms with E-state index in [-0.39, 0.29) is 23.4 Å². The van der Waals surface area contributed by atoms with Gasteiger partial charge in [-0.05, 0) is 77.6 Å². The third-order valence-corrected chi connectivity index (χ3v) is 6.70. The summed E-state index contributed by atoms with van der Waals surface area (Å²) in [5, 5.41) is 2.62. The van der Waals surface area contributed by atoms with Crippen LogP contribution in [0.4, 0.5) is 13.2 Å². The Bertz CT molecular complexity index is 812. The van der Waals surface area contributed by atoms with Crippen LogP contribution in [0.2, 0.25) is 0 Å². The normalized spacial score (nSPS) is 27.3. The highest BCUT2D eigenvalue weighted by molar-refractivity contribution is 5.98. The van der Waals surface area contributed by atoms with Gasteiger partial charge in [-0.15, -0.1) is 0 Å². The maximum atomic E-state index is 13.0. The number of rotatable bonds is 5. The molecule has 0 aromatic heterocycles. The zero-order valence-electron chi connectivity index (χ0n) is 18.3. The lowest BCUT2D eigenvalue weighted by Gasteiger charge is -2.43. The summed E-state index contributed by atoms with van der Waals surface area (Å²) in [7, 11) is 2.11. The van der Waals surface area contributed by atoms with Crippen molar-refractivity contribution < 1.29 is 22.8 Å². The van der Waals surface area contributed by atoms with Gasteiger partial charge in [-0.1, -0.05) is 6.07 Å². The molecule has 4 atom stereocenters. The fourth-order valence-corrected chi connectivity index (χ4v) is 4.67. The maximum absolute atomic E-state index is 13.0. The van der Waals surface area contributed by atoms with E-state index in [0.29, 0.717) is 25.0 Å². The van der Waals surface area contributed by atoms with E-state index in [4.69, 9.17) is 0 Å². The van der Waals surface area contributed by atoms with E-state index >= 15 is 0 Å². The van der Waals surface area contributed by atoms with Crippen LogP contribution in [0.5, 0.6) is 0 Å². The largest absolute Gasteiger partial charge is 0.416 e. The van der Waals surface area contributed by atoms with Crippen LogP contribution in [0.25, 0.3) is 0 Å². The van der Waals surface area contributed by atoms with Crippen molar-refractivity contribution in [1.82, 2.24) is 15.1 Å². The van der Waals surface area contributed by atoms with E-state index < -0.39 is 23.7 Å². The number of carbonyl (C=O) groups excluding carboxylic acids is 2. The van der Waals surface area contributed by atoms with E-state index in [1.807, 2.05) is 0 Å². The minimum atomic E-state index is -4.53. The third-order valence-electron chi connectivity index (χ3n) is 6.70. The SMILES string of the molecule is [CH2][C@@H]1C[C@H](N(C)C(C)C)CC[C@@H]1N1CCC(NC(=O)c2cccc(C(F)(F)F)c2)C1=O. The number of carbonyl (C=O) groups is 2. The minimum absolute atomic E-state index is 0.0276. The number of hydrogen-bond donors (Lipinski definition) is 1. The molecular weight excluding hydrogens is 407 g/mol. The molecule has 1 unspecified atom stereocenters. The van der Waals surface area contributed by atoms with Gasteiger partial charge in [0.1, 0.15) is 6.04 Å². The summed E-state index contributed by atoms with van der Waals surface area (Å²) in [6, 6.07) is 4.43. The van der Waals surface area contributed by atoms with E-state index in [2.05, 4.69) is 38.0 Å². The molecule has 1 N–H and O–H groups in total. The van der Waals surface area contributed by atoms with Gasteiger partial charge in [0.25, 0.3) is 5.91 Å². The fraction of sp³-hybridized carbons (Fsp3) is 0.609. The summed E-state index contributed by atoms with van der Waals surface area (Å²) >= 11 is 0. The molecular formula is C23H31F3N3O2. The third kappa shape index (κ3) is 5.22. The summed E-state index contributed by atoms with van der Waals surface area (Å²) in [6.45, 7) is 9.14. The monoisotopic (exact) mass is 438 g/mol. The van der Waals surface area contributed by atoms with Crippen molar-refractivity contribution in [3.8, 4) is 0 Å². The molecule has 2 amide bonds. The van der Waals surface area contributed by atoms with Crippen molar-refractivity contribution in [1.29, 1.82) is 0 Å². The summed E-state index contributed by atoms with van der Waals surface area (Å²) in [6.07, 6.45) is -1.33. The second-order valence-electron chi connectivity index (χ2n) is 8.98. The molecule has 1 aromatic rings. The first-order valence-electron chi connectivity index (χ1n) is 10.8. The molecule has 2 fully saturated rings. The molecule has 1 aliphatic heterocycles.